The van der Waals surface area contributed by atoms with Crippen molar-refractivity contribution in [1.82, 2.24) is 19.9 Å². The molecule has 0 aliphatic carbocycles. The van der Waals surface area contributed by atoms with E-state index in [-0.39, 0.29) is 44.8 Å². The van der Waals surface area contributed by atoms with Crippen LogP contribution in [0, 0.1) is 0 Å². The number of nitrogens with one attached hydrogen (secondary N) is 2. The maximum atomic E-state index is 13.8. The third kappa shape index (κ3) is 8.04. The van der Waals surface area contributed by atoms with Crippen molar-refractivity contribution in [1.29, 1.82) is 0 Å². The van der Waals surface area contributed by atoms with Crippen LogP contribution in [-0.4, -0.2) is 35.5 Å². The second kappa shape index (κ2) is 13.4. The number of methoxy groups -OCH3 is 1. The van der Waals surface area contributed by atoms with Crippen LogP contribution in [0.5, 0.6) is 17.2 Å². The van der Waals surface area contributed by atoms with Gasteiger partial charge in [-0.3, -0.25) is 4.72 Å². The number of anilines is 2. The number of sulfonamides is 1. The zero-order chi connectivity index (χ0) is 33.8. The minimum absolute atomic E-state index is 0.0120. The minimum atomic E-state index is -4.13. The van der Waals surface area contributed by atoms with Crippen LogP contribution in [0.4, 0.5) is 11.6 Å². The lowest BCUT2D eigenvalue weighted by molar-refractivity contribution is 0.379. The monoisotopic (exact) mass is 652 g/mol. The average molecular weight is 653 g/mol. The van der Waals surface area contributed by atoms with E-state index in [2.05, 4.69) is 78.7 Å². The molecule has 0 atom stereocenters. The standard InChI is InChI=1S/C36H40N6O4S/c1-35(2,3)25-15-13-24(14-16-25)23-39-31-30(46-29-12-9-8-11-28(29)45-7)32(41-34(40-31)33-37-21-10-22-38-33)42-47(43,44)27-19-17-26(18-20-27)36(4,5)6/h8-22H,23H2,1-7H3,(H2,39,40,41,42). The van der Waals surface area contributed by atoms with Gasteiger partial charge in [0.1, 0.15) is 0 Å². The topological polar surface area (TPSA) is 128 Å². The summed E-state index contributed by atoms with van der Waals surface area (Å²) in [6.07, 6.45) is 3.13. The first-order valence-electron chi connectivity index (χ1n) is 15.2. The molecule has 0 bridgehead atoms. The van der Waals surface area contributed by atoms with Crippen molar-refractivity contribution in [3.63, 3.8) is 0 Å². The van der Waals surface area contributed by atoms with E-state index < -0.39 is 10.0 Å². The minimum Gasteiger partial charge on any atom is -0.493 e. The van der Waals surface area contributed by atoms with E-state index in [1.54, 1.807) is 48.8 Å². The lowest BCUT2D eigenvalue weighted by atomic mass is 9.87. The molecule has 5 rings (SSSR count). The summed E-state index contributed by atoms with van der Waals surface area (Å²) in [7, 11) is -2.60. The summed E-state index contributed by atoms with van der Waals surface area (Å²) in [5.41, 5.74) is 3.07. The van der Waals surface area contributed by atoms with Crippen LogP contribution >= 0.6 is 0 Å². The van der Waals surface area contributed by atoms with Crippen LogP contribution in [-0.2, 0) is 27.4 Å². The molecule has 0 aliphatic rings. The molecule has 0 aliphatic heterocycles. The Morgan fingerprint density at radius 2 is 1.23 bits per heavy atom. The molecule has 5 aromatic rings. The van der Waals surface area contributed by atoms with Crippen molar-refractivity contribution in [2.45, 2.75) is 63.8 Å². The van der Waals surface area contributed by atoms with Gasteiger partial charge in [-0.1, -0.05) is 90.1 Å². The van der Waals surface area contributed by atoms with Gasteiger partial charge in [-0.15, -0.1) is 0 Å². The van der Waals surface area contributed by atoms with Gasteiger partial charge in [-0.05, 0) is 57.9 Å². The molecule has 244 valence electrons. The van der Waals surface area contributed by atoms with E-state index in [0.717, 1.165) is 11.1 Å². The average Bonchev–Trinajstić information content (AvgIpc) is 3.04. The first-order valence-corrected chi connectivity index (χ1v) is 16.7. The Balaban J connectivity index is 1.62. The van der Waals surface area contributed by atoms with Crippen LogP contribution in [0.15, 0.2) is 96.2 Å². The van der Waals surface area contributed by atoms with E-state index in [9.17, 15) is 8.42 Å². The van der Waals surface area contributed by atoms with E-state index in [4.69, 9.17) is 14.5 Å². The number of para-hydroxylation sites is 2. The molecule has 0 saturated heterocycles. The Kier molecular flexibility index (Phi) is 9.48. The summed E-state index contributed by atoms with van der Waals surface area (Å²) in [4.78, 5) is 18.0. The molecule has 2 heterocycles. The van der Waals surface area contributed by atoms with E-state index in [1.165, 1.54) is 12.7 Å². The molecular formula is C36H40N6O4S. The molecular weight excluding hydrogens is 613 g/mol. The van der Waals surface area contributed by atoms with Crippen LogP contribution in [0.25, 0.3) is 11.6 Å². The molecule has 11 heteroatoms. The van der Waals surface area contributed by atoms with Crippen LogP contribution < -0.4 is 19.5 Å². The van der Waals surface area contributed by atoms with Gasteiger partial charge in [-0.2, -0.15) is 0 Å². The third-order valence-electron chi connectivity index (χ3n) is 7.45. The van der Waals surface area contributed by atoms with Crippen molar-refractivity contribution in [3.8, 4) is 28.9 Å². The molecule has 2 aromatic heterocycles. The van der Waals surface area contributed by atoms with Crippen molar-refractivity contribution in [3.05, 3.63) is 108 Å². The fourth-order valence-corrected chi connectivity index (χ4v) is 5.70. The summed E-state index contributed by atoms with van der Waals surface area (Å²) in [5, 5.41) is 3.34. The molecule has 3 aromatic carbocycles. The number of rotatable bonds is 10. The van der Waals surface area contributed by atoms with Gasteiger partial charge in [0.05, 0.1) is 12.0 Å². The Morgan fingerprint density at radius 3 is 1.81 bits per heavy atom. The SMILES string of the molecule is COc1ccccc1Oc1c(NCc2ccc(C(C)(C)C)cc2)nc(-c2ncccn2)nc1NS(=O)(=O)c1ccc(C(C)(C)C)cc1. The Hall–Kier alpha value is -5.03. The predicted octanol–water partition coefficient (Wildman–Crippen LogP) is 7.74. The highest BCUT2D eigenvalue weighted by molar-refractivity contribution is 7.92. The van der Waals surface area contributed by atoms with Crippen LogP contribution in [0.1, 0.15) is 58.2 Å². The largest absolute Gasteiger partial charge is 0.493 e. The highest BCUT2D eigenvalue weighted by Gasteiger charge is 2.26. The van der Waals surface area contributed by atoms with Crippen molar-refractivity contribution in [2.24, 2.45) is 0 Å². The van der Waals surface area contributed by atoms with Gasteiger partial charge in [0.25, 0.3) is 10.0 Å². The van der Waals surface area contributed by atoms with Crippen molar-refractivity contribution >= 4 is 21.7 Å². The summed E-state index contributed by atoms with van der Waals surface area (Å²) in [5.74, 6) is 1.28. The van der Waals surface area contributed by atoms with Crippen molar-refractivity contribution in [2.75, 3.05) is 17.1 Å². The number of hydrogen-bond acceptors (Lipinski definition) is 9. The van der Waals surface area contributed by atoms with E-state index >= 15 is 0 Å². The van der Waals surface area contributed by atoms with Gasteiger partial charge in [0, 0.05) is 18.9 Å². The molecule has 0 fully saturated rings. The quantitative estimate of drug-likeness (QED) is 0.156. The Bertz CT molecular complexity index is 1940. The first kappa shape index (κ1) is 33.3. The van der Waals surface area contributed by atoms with E-state index in [1.807, 2.05) is 30.3 Å². The summed E-state index contributed by atoms with van der Waals surface area (Å²) in [6.45, 7) is 13.1. The number of hydrogen-bond donors (Lipinski definition) is 2. The third-order valence-corrected chi connectivity index (χ3v) is 8.81. The zero-order valence-corrected chi connectivity index (χ0v) is 28.5. The smallest absolute Gasteiger partial charge is 0.263 e. The van der Waals surface area contributed by atoms with Gasteiger partial charge in [0.2, 0.25) is 11.6 Å². The lowest BCUT2D eigenvalue weighted by Crippen LogP contribution is -2.17. The Morgan fingerprint density at radius 1 is 0.681 bits per heavy atom. The van der Waals surface area contributed by atoms with Gasteiger partial charge in [-0.25, -0.2) is 28.4 Å². The normalized spacial score (nSPS) is 12.0. The predicted molar refractivity (Wildman–Crippen MR) is 185 cm³/mol. The molecule has 47 heavy (non-hydrogen) atoms. The number of aromatic nitrogens is 4. The van der Waals surface area contributed by atoms with Gasteiger partial charge < -0.3 is 14.8 Å². The molecule has 0 unspecified atom stereocenters. The maximum absolute atomic E-state index is 13.8. The van der Waals surface area contributed by atoms with Crippen LogP contribution in [0.3, 0.4) is 0 Å². The molecule has 0 spiro atoms. The molecule has 10 nitrogen and oxygen atoms in total. The fourth-order valence-electron chi connectivity index (χ4n) is 4.69. The molecule has 0 radical (unpaired) electrons. The maximum Gasteiger partial charge on any atom is 0.263 e. The number of ether oxygens (including phenoxy) is 2. The lowest BCUT2D eigenvalue weighted by Gasteiger charge is -2.20. The van der Waals surface area contributed by atoms with Crippen molar-refractivity contribution < 1.29 is 17.9 Å². The van der Waals surface area contributed by atoms with Gasteiger partial charge in [0.15, 0.2) is 29.0 Å². The number of nitrogens with zero attached hydrogens (tertiary/aromatic N) is 4. The molecule has 0 saturated carbocycles. The number of benzene rings is 3. The Labute approximate surface area is 276 Å². The second-order valence-electron chi connectivity index (χ2n) is 13.1. The highest BCUT2D eigenvalue weighted by Crippen LogP contribution is 2.40. The summed E-state index contributed by atoms with van der Waals surface area (Å²) >= 11 is 0. The highest BCUT2D eigenvalue weighted by atomic mass is 32.2. The molecule has 0 amide bonds. The van der Waals surface area contributed by atoms with E-state index in [0.29, 0.717) is 18.0 Å². The molecule has 2 N–H and O–H groups in total. The summed E-state index contributed by atoms with van der Waals surface area (Å²) in [6, 6.07) is 23.8. The second-order valence-corrected chi connectivity index (χ2v) is 14.8. The fraction of sp³-hybridized carbons (Fsp3) is 0.278. The zero-order valence-electron chi connectivity index (χ0n) is 27.7. The summed E-state index contributed by atoms with van der Waals surface area (Å²) < 4.78 is 42.2. The first-order chi connectivity index (χ1) is 22.2. The van der Waals surface area contributed by atoms with Crippen LogP contribution in [0.2, 0.25) is 0 Å². The van der Waals surface area contributed by atoms with Gasteiger partial charge >= 0.3 is 0 Å².